The van der Waals surface area contributed by atoms with Crippen molar-refractivity contribution in [3.05, 3.63) is 16.6 Å². The molecule has 168 valence electrons. The van der Waals surface area contributed by atoms with E-state index in [-0.39, 0.29) is 23.8 Å². The number of amides is 2. The summed E-state index contributed by atoms with van der Waals surface area (Å²) in [5, 5.41) is 7.40. The summed E-state index contributed by atoms with van der Waals surface area (Å²) in [5.74, 6) is 0.798. The van der Waals surface area contributed by atoms with E-state index in [1.165, 1.54) is 6.20 Å². The highest BCUT2D eigenvalue weighted by Crippen LogP contribution is 2.19. The van der Waals surface area contributed by atoms with Gasteiger partial charge in [0, 0.05) is 65.8 Å². The molecular weight excluding hydrogens is 402 g/mol. The molecule has 2 aliphatic rings. The monoisotopic (exact) mass is 431 g/mol. The third-order valence-corrected chi connectivity index (χ3v) is 5.98. The number of hydrogen-bond donors (Lipinski definition) is 2. The summed E-state index contributed by atoms with van der Waals surface area (Å²) < 4.78 is 6.95. The van der Waals surface area contributed by atoms with Gasteiger partial charge in [0.1, 0.15) is 5.39 Å². The Labute approximate surface area is 179 Å². The molecule has 0 spiro atoms. The lowest BCUT2D eigenvalue weighted by Crippen LogP contribution is -2.45. The number of aromatic nitrogens is 4. The quantitative estimate of drug-likeness (QED) is 0.676. The normalized spacial score (nSPS) is 20.8. The van der Waals surface area contributed by atoms with Gasteiger partial charge in [-0.05, 0) is 18.8 Å². The van der Waals surface area contributed by atoms with Gasteiger partial charge in [-0.3, -0.25) is 24.0 Å². The van der Waals surface area contributed by atoms with E-state index in [9.17, 15) is 14.4 Å². The van der Waals surface area contributed by atoms with Gasteiger partial charge >= 0.3 is 0 Å². The summed E-state index contributed by atoms with van der Waals surface area (Å²) in [5.41, 5.74) is 0.229. The predicted molar refractivity (Wildman–Crippen MR) is 114 cm³/mol. The van der Waals surface area contributed by atoms with Crippen LogP contribution in [-0.4, -0.2) is 82.4 Å². The van der Waals surface area contributed by atoms with Crippen molar-refractivity contribution < 1.29 is 14.3 Å². The number of rotatable bonds is 4. The number of aryl methyl sites for hydroxylation is 1. The lowest BCUT2D eigenvalue weighted by atomic mass is 10.0. The van der Waals surface area contributed by atoms with Gasteiger partial charge in [-0.2, -0.15) is 10.1 Å². The van der Waals surface area contributed by atoms with E-state index in [0.717, 1.165) is 26.1 Å². The lowest BCUT2D eigenvalue weighted by molar-refractivity contribution is -0.132. The Morgan fingerprint density at radius 1 is 1.26 bits per heavy atom. The maximum atomic E-state index is 12.9. The summed E-state index contributed by atoms with van der Waals surface area (Å²) in [7, 11) is 1.73. The van der Waals surface area contributed by atoms with Crippen LogP contribution in [0.4, 0.5) is 5.95 Å². The second-order valence-corrected chi connectivity index (χ2v) is 8.13. The minimum absolute atomic E-state index is 0.0452. The fourth-order valence-corrected chi connectivity index (χ4v) is 4.05. The number of hydrogen-bond acceptors (Lipinski definition) is 7. The highest BCUT2D eigenvalue weighted by molar-refractivity contribution is 5.79. The van der Waals surface area contributed by atoms with E-state index in [4.69, 9.17) is 4.74 Å². The number of anilines is 1. The first kappa shape index (κ1) is 21.3. The van der Waals surface area contributed by atoms with Crippen molar-refractivity contribution in [3.63, 3.8) is 0 Å². The number of fused-ring (bicyclic) bond motifs is 1. The summed E-state index contributed by atoms with van der Waals surface area (Å²) in [4.78, 5) is 48.5. The van der Waals surface area contributed by atoms with Crippen molar-refractivity contribution in [2.45, 2.75) is 25.7 Å². The Morgan fingerprint density at radius 2 is 2.13 bits per heavy atom. The molecule has 2 saturated heterocycles. The van der Waals surface area contributed by atoms with Gasteiger partial charge in [0.25, 0.3) is 5.56 Å². The van der Waals surface area contributed by atoms with Gasteiger partial charge in [0.05, 0.1) is 6.20 Å². The number of nitrogens with zero attached hydrogens (tertiary/aromatic N) is 5. The van der Waals surface area contributed by atoms with Gasteiger partial charge in [-0.15, -0.1) is 0 Å². The van der Waals surface area contributed by atoms with E-state index >= 15 is 0 Å². The van der Waals surface area contributed by atoms with Crippen LogP contribution < -0.4 is 15.8 Å². The van der Waals surface area contributed by atoms with Crippen LogP contribution in [0.2, 0.25) is 0 Å². The molecule has 2 amide bonds. The molecule has 4 rings (SSSR count). The SMILES string of the molecule is Cn1ncc2c(=O)[nH]c(N3CCNC(=O)CCN(C(=O)CCC4CCOC4)CC3)nc21. The molecule has 11 nitrogen and oxygen atoms in total. The smallest absolute Gasteiger partial charge is 0.263 e. The maximum absolute atomic E-state index is 12.9. The summed E-state index contributed by atoms with van der Waals surface area (Å²) in [6.45, 7) is 3.73. The van der Waals surface area contributed by atoms with Crippen molar-refractivity contribution in [2.75, 3.05) is 50.8 Å². The Balaban J connectivity index is 1.48. The Morgan fingerprint density at radius 3 is 2.94 bits per heavy atom. The first-order chi connectivity index (χ1) is 15.0. The van der Waals surface area contributed by atoms with Gasteiger partial charge < -0.3 is 19.9 Å². The third kappa shape index (κ3) is 5.04. The third-order valence-electron chi connectivity index (χ3n) is 5.98. The van der Waals surface area contributed by atoms with Crippen LogP contribution in [0.1, 0.15) is 25.7 Å². The van der Waals surface area contributed by atoms with Crippen LogP contribution in [0.15, 0.2) is 11.0 Å². The summed E-state index contributed by atoms with van der Waals surface area (Å²) in [6, 6.07) is 0. The van der Waals surface area contributed by atoms with E-state index in [1.54, 1.807) is 16.6 Å². The Hall–Kier alpha value is -2.95. The first-order valence-corrected chi connectivity index (χ1v) is 10.8. The molecule has 1 unspecified atom stereocenters. The molecule has 0 aromatic carbocycles. The molecule has 2 fully saturated rings. The number of nitrogens with one attached hydrogen (secondary N) is 2. The van der Waals surface area contributed by atoms with Crippen LogP contribution in [0.3, 0.4) is 0 Å². The molecule has 31 heavy (non-hydrogen) atoms. The molecular formula is C20H29N7O4. The highest BCUT2D eigenvalue weighted by atomic mass is 16.5. The van der Waals surface area contributed by atoms with Crippen molar-refractivity contribution in [2.24, 2.45) is 13.0 Å². The van der Waals surface area contributed by atoms with E-state index in [2.05, 4.69) is 20.4 Å². The first-order valence-electron chi connectivity index (χ1n) is 10.8. The van der Waals surface area contributed by atoms with Crippen LogP contribution in [0, 0.1) is 5.92 Å². The molecule has 0 aliphatic carbocycles. The number of aromatic amines is 1. The van der Waals surface area contributed by atoms with Gasteiger partial charge in [0.2, 0.25) is 17.8 Å². The summed E-state index contributed by atoms with van der Waals surface area (Å²) >= 11 is 0. The molecule has 2 aliphatic heterocycles. The van der Waals surface area contributed by atoms with Crippen molar-refractivity contribution in [1.82, 2.24) is 30.0 Å². The van der Waals surface area contributed by atoms with Crippen molar-refractivity contribution in [3.8, 4) is 0 Å². The Kier molecular flexibility index (Phi) is 6.50. The molecule has 2 N–H and O–H groups in total. The fraction of sp³-hybridized carbons (Fsp3) is 0.650. The van der Waals surface area contributed by atoms with Crippen molar-refractivity contribution >= 4 is 28.8 Å². The second kappa shape index (κ2) is 9.46. The largest absolute Gasteiger partial charge is 0.381 e. The topological polar surface area (TPSA) is 125 Å². The van der Waals surface area contributed by atoms with Gasteiger partial charge in [-0.1, -0.05) is 0 Å². The van der Waals surface area contributed by atoms with E-state index < -0.39 is 0 Å². The van der Waals surface area contributed by atoms with Gasteiger partial charge in [0.15, 0.2) is 5.65 Å². The zero-order chi connectivity index (χ0) is 21.8. The highest BCUT2D eigenvalue weighted by Gasteiger charge is 2.22. The average Bonchev–Trinajstić information content (AvgIpc) is 3.41. The minimum Gasteiger partial charge on any atom is -0.381 e. The molecule has 1 atom stereocenters. The van der Waals surface area contributed by atoms with E-state index in [0.29, 0.717) is 62.0 Å². The predicted octanol–water partition coefficient (Wildman–Crippen LogP) is -0.372. The van der Waals surface area contributed by atoms with Crippen molar-refractivity contribution in [1.29, 1.82) is 0 Å². The Bertz CT molecular complexity index is 995. The molecule has 0 radical (unpaired) electrons. The number of ether oxygens (including phenoxy) is 1. The number of carbonyl (C=O) groups excluding carboxylic acids is 2. The molecule has 0 bridgehead atoms. The summed E-state index contributed by atoms with van der Waals surface area (Å²) in [6.07, 6.45) is 4.03. The van der Waals surface area contributed by atoms with E-state index in [1.807, 2.05) is 4.90 Å². The fourth-order valence-electron chi connectivity index (χ4n) is 4.05. The molecule has 11 heteroatoms. The molecule has 2 aromatic rings. The minimum atomic E-state index is -0.263. The average molecular weight is 431 g/mol. The second-order valence-electron chi connectivity index (χ2n) is 8.13. The zero-order valence-corrected chi connectivity index (χ0v) is 17.8. The number of H-pyrrole nitrogens is 1. The van der Waals surface area contributed by atoms with Crippen LogP contribution in [0.25, 0.3) is 11.0 Å². The van der Waals surface area contributed by atoms with Gasteiger partial charge in [-0.25, -0.2) is 0 Å². The lowest BCUT2D eigenvalue weighted by Gasteiger charge is -2.30. The zero-order valence-electron chi connectivity index (χ0n) is 17.8. The standard InChI is InChI=1S/C20H29N7O4/c1-25-18-15(12-22-25)19(30)24-20(23-18)27-8-6-21-16(28)4-7-26(9-10-27)17(29)3-2-14-5-11-31-13-14/h12,14H,2-11,13H2,1H3,(H,21,28)(H,23,24,30). The van der Waals surface area contributed by atoms with Crippen LogP contribution >= 0.6 is 0 Å². The van der Waals surface area contributed by atoms with Crippen LogP contribution in [-0.2, 0) is 21.4 Å². The van der Waals surface area contributed by atoms with Crippen LogP contribution in [0.5, 0.6) is 0 Å². The molecule has 0 saturated carbocycles. The molecule has 2 aromatic heterocycles. The molecule has 4 heterocycles. The maximum Gasteiger partial charge on any atom is 0.263 e. The number of carbonyl (C=O) groups is 2.